The van der Waals surface area contributed by atoms with Gasteiger partial charge in [-0.2, -0.15) is 0 Å². The zero-order valence-electron chi connectivity index (χ0n) is 11.2. The highest BCUT2D eigenvalue weighted by molar-refractivity contribution is 7.15. The molecule has 0 fully saturated rings. The second kappa shape index (κ2) is 4.70. The molecule has 0 radical (unpaired) electrons. The lowest BCUT2D eigenvalue weighted by Gasteiger charge is -2.02. The molecule has 2 N–H and O–H groups in total. The van der Waals surface area contributed by atoms with Crippen LogP contribution in [0, 0.1) is 5.82 Å². The van der Waals surface area contributed by atoms with Crippen LogP contribution in [0.3, 0.4) is 0 Å². The second-order valence-corrected chi connectivity index (χ2v) is 6.30. The first-order valence-corrected chi connectivity index (χ1v) is 7.67. The number of aryl methyl sites for hydroxylation is 2. The number of rotatable bonds is 2. The average Bonchev–Trinajstić information content (AvgIpc) is 3.13. The third-order valence-electron chi connectivity index (χ3n) is 3.83. The molecule has 1 aromatic carbocycles. The number of aromatic nitrogens is 1. The summed E-state index contributed by atoms with van der Waals surface area (Å²) >= 11 is 1.69. The van der Waals surface area contributed by atoms with E-state index in [2.05, 4.69) is 11.2 Å². The van der Waals surface area contributed by atoms with Crippen LogP contribution in [0.5, 0.6) is 0 Å². The highest BCUT2D eigenvalue weighted by atomic mass is 32.1. The quantitative estimate of drug-likeness (QED) is 0.768. The lowest BCUT2D eigenvalue weighted by Crippen LogP contribution is -1.90. The topological polar surface area (TPSA) is 52.0 Å². The number of benzene rings is 1. The zero-order valence-corrected chi connectivity index (χ0v) is 12.0. The van der Waals surface area contributed by atoms with Gasteiger partial charge in [-0.1, -0.05) is 23.4 Å². The summed E-state index contributed by atoms with van der Waals surface area (Å²) in [4.78, 5) is 2.36. The summed E-state index contributed by atoms with van der Waals surface area (Å²) in [6.45, 7) is 0. The molecule has 0 atom stereocenters. The molecule has 1 aliphatic carbocycles. The summed E-state index contributed by atoms with van der Waals surface area (Å²) < 4.78 is 19.5. The van der Waals surface area contributed by atoms with Crippen molar-refractivity contribution < 1.29 is 8.91 Å². The number of anilines is 1. The maximum atomic E-state index is 14.1. The Morgan fingerprint density at radius 1 is 1.24 bits per heavy atom. The first-order chi connectivity index (χ1) is 10.2. The van der Waals surface area contributed by atoms with Crippen molar-refractivity contribution >= 4 is 17.2 Å². The molecule has 0 saturated carbocycles. The Morgan fingerprint density at radius 3 is 2.90 bits per heavy atom. The van der Waals surface area contributed by atoms with Gasteiger partial charge in [0.25, 0.3) is 0 Å². The molecular formula is C16H13FN2OS. The van der Waals surface area contributed by atoms with E-state index < -0.39 is 0 Å². The van der Waals surface area contributed by atoms with E-state index in [1.807, 2.05) is 0 Å². The summed E-state index contributed by atoms with van der Waals surface area (Å²) in [5.41, 5.74) is 8.25. The van der Waals surface area contributed by atoms with E-state index in [9.17, 15) is 4.39 Å². The standard InChI is InChI=1S/C16H13FN2OS/c17-11-6-2-1-5-10(11)14-15(20-19-16(14)18)13-8-9-4-3-7-12(9)21-13/h1-2,5-6,8H,3-4,7H2,(H2,18,19). The Labute approximate surface area is 125 Å². The van der Waals surface area contributed by atoms with Crippen molar-refractivity contribution in [1.82, 2.24) is 5.16 Å². The van der Waals surface area contributed by atoms with Crippen LogP contribution in [0.4, 0.5) is 10.2 Å². The number of nitrogens with two attached hydrogens (primary N) is 1. The van der Waals surface area contributed by atoms with Gasteiger partial charge in [0.2, 0.25) is 0 Å². The molecule has 0 bridgehead atoms. The zero-order chi connectivity index (χ0) is 14.4. The van der Waals surface area contributed by atoms with E-state index in [1.165, 1.54) is 22.9 Å². The number of halogens is 1. The molecule has 0 saturated heterocycles. The Bertz CT molecular complexity index is 800. The minimum absolute atomic E-state index is 0.226. The molecule has 3 nitrogen and oxygen atoms in total. The molecular weight excluding hydrogens is 287 g/mol. The van der Waals surface area contributed by atoms with Gasteiger partial charge in [-0.05, 0) is 37.0 Å². The van der Waals surface area contributed by atoms with Crippen LogP contribution < -0.4 is 5.73 Å². The predicted molar refractivity (Wildman–Crippen MR) is 81.6 cm³/mol. The van der Waals surface area contributed by atoms with E-state index >= 15 is 0 Å². The van der Waals surface area contributed by atoms with Gasteiger partial charge in [-0.15, -0.1) is 11.3 Å². The van der Waals surface area contributed by atoms with Crippen molar-refractivity contribution in [3.8, 4) is 21.8 Å². The number of hydrogen-bond acceptors (Lipinski definition) is 4. The van der Waals surface area contributed by atoms with E-state index in [0.717, 1.165) is 17.7 Å². The van der Waals surface area contributed by atoms with Gasteiger partial charge in [0, 0.05) is 10.4 Å². The van der Waals surface area contributed by atoms with Crippen molar-refractivity contribution in [2.75, 3.05) is 5.73 Å². The van der Waals surface area contributed by atoms with Gasteiger partial charge in [0.15, 0.2) is 11.6 Å². The van der Waals surface area contributed by atoms with Crippen molar-refractivity contribution in [3.05, 3.63) is 46.6 Å². The monoisotopic (exact) mass is 300 g/mol. The van der Waals surface area contributed by atoms with Crippen LogP contribution in [0.25, 0.3) is 21.8 Å². The fourth-order valence-electron chi connectivity index (χ4n) is 2.84. The summed E-state index contributed by atoms with van der Waals surface area (Å²) in [6, 6.07) is 8.67. The molecule has 2 aromatic heterocycles. The van der Waals surface area contributed by atoms with Crippen molar-refractivity contribution in [3.63, 3.8) is 0 Å². The molecule has 106 valence electrons. The van der Waals surface area contributed by atoms with Gasteiger partial charge >= 0.3 is 0 Å². The molecule has 4 rings (SSSR count). The highest BCUT2D eigenvalue weighted by Crippen LogP contribution is 2.43. The van der Waals surface area contributed by atoms with E-state index in [4.69, 9.17) is 10.3 Å². The number of thiophene rings is 1. The molecule has 1 aliphatic rings. The first-order valence-electron chi connectivity index (χ1n) is 6.86. The van der Waals surface area contributed by atoms with Gasteiger partial charge in [0.1, 0.15) is 5.82 Å². The molecule has 0 aliphatic heterocycles. The van der Waals surface area contributed by atoms with Gasteiger partial charge in [-0.3, -0.25) is 0 Å². The van der Waals surface area contributed by atoms with Crippen LogP contribution in [-0.2, 0) is 12.8 Å². The lowest BCUT2D eigenvalue weighted by molar-refractivity contribution is 0.437. The maximum Gasteiger partial charge on any atom is 0.186 e. The highest BCUT2D eigenvalue weighted by Gasteiger charge is 2.24. The van der Waals surface area contributed by atoms with Gasteiger partial charge in [0.05, 0.1) is 10.4 Å². The first kappa shape index (κ1) is 12.6. The smallest absolute Gasteiger partial charge is 0.186 e. The van der Waals surface area contributed by atoms with Gasteiger partial charge in [-0.25, -0.2) is 4.39 Å². The molecule has 0 amide bonds. The molecule has 21 heavy (non-hydrogen) atoms. The Morgan fingerprint density at radius 2 is 2.10 bits per heavy atom. The normalized spacial score (nSPS) is 13.6. The average molecular weight is 300 g/mol. The molecule has 0 spiro atoms. The number of nitrogen functional groups attached to an aromatic ring is 1. The van der Waals surface area contributed by atoms with E-state index in [1.54, 1.807) is 29.5 Å². The van der Waals surface area contributed by atoms with Crippen LogP contribution in [0.15, 0.2) is 34.9 Å². The Hall–Kier alpha value is -2.14. The Balaban J connectivity index is 1.89. The number of fused-ring (bicyclic) bond motifs is 1. The van der Waals surface area contributed by atoms with Crippen molar-refractivity contribution in [2.24, 2.45) is 0 Å². The third-order valence-corrected chi connectivity index (χ3v) is 5.07. The second-order valence-electron chi connectivity index (χ2n) is 5.16. The summed E-state index contributed by atoms with van der Waals surface area (Å²) in [7, 11) is 0. The molecule has 2 heterocycles. The van der Waals surface area contributed by atoms with Crippen LogP contribution in [0.2, 0.25) is 0 Å². The van der Waals surface area contributed by atoms with Crippen LogP contribution in [-0.4, -0.2) is 5.16 Å². The predicted octanol–water partition coefficient (Wildman–Crippen LogP) is 4.28. The summed E-state index contributed by atoms with van der Waals surface area (Å²) in [5.74, 6) is 0.471. The largest absolute Gasteiger partial charge is 0.380 e. The maximum absolute atomic E-state index is 14.1. The molecule has 5 heteroatoms. The summed E-state index contributed by atoms with van der Waals surface area (Å²) in [6.07, 6.45) is 3.42. The minimum atomic E-state index is -0.322. The van der Waals surface area contributed by atoms with Crippen molar-refractivity contribution in [2.45, 2.75) is 19.3 Å². The molecule has 3 aromatic rings. The number of hydrogen-bond donors (Lipinski definition) is 1. The van der Waals surface area contributed by atoms with E-state index in [-0.39, 0.29) is 11.6 Å². The Kier molecular flexibility index (Phi) is 2.82. The van der Waals surface area contributed by atoms with Gasteiger partial charge < -0.3 is 10.3 Å². The summed E-state index contributed by atoms with van der Waals surface area (Å²) in [5, 5.41) is 3.84. The van der Waals surface area contributed by atoms with Crippen molar-refractivity contribution in [1.29, 1.82) is 0 Å². The van der Waals surface area contributed by atoms with Crippen LogP contribution >= 0.6 is 11.3 Å². The number of nitrogens with zero attached hydrogens (tertiary/aromatic N) is 1. The fraction of sp³-hybridized carbons (Fsp3) is 0.188. The van der Waals surface area contributed by atoms with Crippen LogP contribution in [0.1, 0.15) is 16.9 Å². The minimum Gasteiger partial charge on any atom is -0.380 e. The molecule has 0 unspecified atom stereocenters. The van der Waals surface area contributed by atoms with E-state index in [0.29, 0.717) is 16.9 Å². The third kappa shape index (κ3) is 1.96. The SMILES string of the molecule is Nc1noc(-c2cc3c(s2)CCC3)c1-c1ccccc1F. The fourth-order valence-corrected chi connectivity index (χ4v) is 4.07. The lowest BCUT2D eigenvalue weighted by atomic mass is 10.0.